The molecule has 5 nitrogen and oxygen atoms in total. The molecule has 0 bridgehead atoms. The maximum atomic E-state index is 12.3. The Bertz CT molecular complexity index is 1060. The van der Waals surface area contributed by atoms with E-state index in [1.807, 2.05) is 31.2 Å². The number of aromatic nitrogens is 4. The first-order valence-corrected chi connectivity index (χ1v) is 7.15. The van der Waals surface area contributed by atoms with Crippen LogP contribution in [0.2, 0.25) is 5.02 Å². The SMILES string of the molecule is Cc1ccc(-c2n[nH]n3c2nc(=O)c2cc(Cl)ccc23)cc1. The van der Waals surface area contributed by atoms with Gasteiger partial charge in [0.15, 0.2) is 5.65 Å². The quantitative estimate of drug-likeness (QED) is 0.587. The van der Waals surface area contributed by atoms with Crippen LogP contribution in [0.15, 0.2) is 47.3 Å². The summed E-state index contributed by atoms with van der Waals surface area (Å²) < 4.78 is 1.70. The molecule has 2 aromatic carbocycles. The van der Waals surface area contributed by atoms with E-state index in [-0.39, 0.29) is 5.56 Å². The van der Waals surface area contributed by atoms with Gasteiger partial charge in [0.2, 0.25) is 0 Å². The predicted molar refractivity (Wildman–Crippen MR) is 86.3 cm³/mol. The van der Waals surface area contributed by atoms with E-state index in [2.05, 4.69) is 15.3 Å². The summed E-state index contributed by atoms with van der Waals surface area (Å²) in [5.74, 6) is 0. The Balaban J connectivity index is 2.07. The topological polar surface area (TPSA) is 63.1 Å². The van der Waals surface area contributed by atoms with Crippen molar-refractivity contribution in [3.8, 4) is 11.3 Å². The van der Waals surface area contributed by atoms with E-state index < -0.39 is 0 Å². The lowest BCUT2D eigenvalue weighted by Gasteiger charge is -2.01. The minimum absolute atomic E-state index is 0.313. The van der Waals surface area contributed by atoms with Crippen molar-refractivity contribution in [3.05, 3.63) is 63.4 Å². The molecule has 0 aliphatic heterocycles. The molecule has 4 aromatic rings. The molecule has 22 heavy (non-hydrogen) atoms. The summed E-state index contributed by atoms with van der Waals surface area (Å²) in [4.78, 5) is 16.4. The molecule has 0 aliphatic rings. The minimum Gasteiger partial charge on any atom is -0.267 e. The molecule has 0 saturated heterocycles. The average Bonchev–Trinajstić information content (AvgIpc) is 2.92. The maximum absolute atomic E-state index is 12.3. The van der Waals surface area contributed by atoms with E-state index in [9.17, 15) is 4.79 Å². The third-order valence-corrected chi connectivity index (χ3v) is 3.88. The lowest BCUT2D eigenvalue weighted by atomic mass is 10.1. The molecule has 0 saturated carbocycles. The summed E-state index contributed by atoms with van der Waals surface area (Å²) in [6, 6.07) is 13.1. The fraction of sp³-hybridized carbons (Fsp3) is 0.0625. The Kier molecular flexibility index (Phi) is 2.77. The van der Waals surface area contributed by atoms with Crippen LogP contribution in [0.1, 0.15) is 5.56 Å². The van der Waals surface area contributed by atoms with Gasteiger partial charge in [0.25, 0.3) is 5.56 Å². The van der Waals surface area contributed by atoms with Crippen molar-refractivity contribution >= 4 is 28.2 Å². The molecule has 0 radical (unpaired) electrons. The zero-order valence-corrected chi connectivity index (χ0v) is 12.4. The van der Waals surface area contributed by atoms with Gasteiger partial charge in [-0.3, -0.25) is 4.79 Å². The number of nitrogens with zero attached hydrogens (tertiary/aromatic N) is 3. The number of aromatic amines is 1. The Morgan fingerprint density at radius 2 is 1.91 bits per heavy atom. The predicted octanol–water partition coefficient (Wildman–Crippen LogP) is 3.20. The van der Waals surface area contributed by atoms with Gasteiger partial charge in [-0.2, -0.15) is 10.1 Å². The second kappa shape index (κ2) is 4.68. The monoisotopic (exact) mass is 310 g/mol. The van der Waals surface area contributed by atoms with Crippen LogP contribution in [0.4, 0.5) is 0 Å². The highest BCUT2D eigenvalue weighted by atomic mass is 35.5. The number of aryl methyl sites for hydroxylation is 1. The number of H-pyrrole nitrogens is 1. The Morgan fingerprint density at radius 3 is 2.68 bits per heavy atom. The number of benzene rings is 2. The van der Waals surface area contributed by atoms with Crippen LogP contribution >= 0.6 is 11.6 Å². The van der Waals surface area contributed by atoms with Gasteiger partial charge in [0.1, 0.15) is 5.69 Å². The van der Waals surface area contributed by atoms with Crippen molar-refractivity contribution in [3.63, 3.8) is 0 Å². The molecule has 0 aliphatic carbocycles. The third kappa shape index (κ3) is 1.90. The zero-order valence-electron chi connectivity index (χ0n) is 11.7. The van der Waals surface area contributed by atoms with Crippen molar-refractivity contribution in [2.24, 2.45) is 0 Å². The van der Waals surface area contributed by atoms with E-state index in [1.54, 1.807) is 22.7 Å². The van der Waals surface area contributed by atoms with Gasteiger partial charge in [-0.1, -0.05) is 41.4 Å². The molecule has 0 spiro atoms. The Morgan fingerprint density at radius 1 is 1.14 bits per heavy atom. The molecular formula is C16H11ClN4O. The molecule has 4 rings (SSSR count). The van der Waals surface area contributed by atoms with Crippen molar-refractivity contribution in [2.45, 2.75) is 6.92 Å². The van der Waals surface area contributed by atoms with Crippen molar-refractivity contribution < 1.29 is 0 Å². The van der Waals surface area contributed by atoms with E-state index in [1.165, 1.54) is 0 Å². The number of hydrogen-bond acceptors (Lipinski definition) is 3. The molecule has 108 valence electrons. The maximum Gasteiger partial charge on any atom is 0.281 e. The van der Waals surface area contributed by atoms with Crippen LogP contribution in [0.3, 0.4) is 0 Å². The highest BCUT2D eigenvalue weighted by Gasteiger charge is 2.13. The number of nitrogens with one attached hydrogen (secondary N) is 1. The highest BCUT2D eigenvalue weighted by Crippen LogP contribution is 2.23. The largest absolute Gasteiger partial charge is 0.281 e. The van der Waals surface area contributed by atoms with E-state index in [0.29, 0.717) is 27.3 Å². The number of hydrogen-bond donors (Lipinski definition) is 1. The first-order valence-electron chi connectivity index (χ1n) is 6.77. The fourth-order valence-corrected chi connectivity index (χ4v) is 2.68. The summed E-state index contributed by atoms with van der Waals surface area (Å²) in [7, 11) is 0. The van der Waals surface area contributed by atoms with Crippen LogP contribution in [0, 0.1) is 6.92 Å². The van der Waals surface area contributed by atoms with Crippen LogP contribution in [0.5, 0.6) is 0 Å². The van der Waals surface area contributed by atoms with Gasteiger partial charge < -0.3 is 0 Å². The average molecular weight is 311 g/mol. The highest BCUT2D eigenvalue weighted by molar-refractivity contribution is 6.31. The van der Waals surface area contributed by atoms with Crippen LogP contribution in [-0.2, 0) is 0 Å². The van der Waals surface area contributed by atoms with Gasteiger partial charge in [0.05, 0.1) is 10.9 Å². The Labute approximate surface area is 130 Å². The molecule has 2 aromatic heterocycles. The summed E-state index contributed by atoms with van der Waals surface area (Å²) in [5, 5.41) is 8.19. The van der Waals surface area contributed by atoms with Crippen LogP contribution in [-0.4, -0.2) is 19.8 Å². The smallest absolute Gasteiger partial charge is 0.267 e. The van der Waals surface area contributed by atoms with Crippen molar-refractivity contribution in [2.75, 3.05) is 0 Å². The summed E-state index contributed by atoms with van der Waals surface area (Å²) in [5.41, 5.74) is 3.61. The van der Waals surface area contributed by atoms with Gasteiger partial charge in [-0.25, -0.2) is 9.73 Å². The van der Waals surface area contributed by atoms with Crippen molar-refractivity contribution in [1.29, 1.82) is 0 Å². The molecule has 0 unspecified atom stereocenters. The van der Waals surface area contributed by atoms with E-state index in [4.69, 9.17) is 11.6 Å². The molecule has 6 heteroatoms. The van der Waals surface area contributed by atoms with E-state index in [0.717, 1.165) is 11.1 Å². The van der Waals surface area contributed by atoms with E-state index >= 15 is 0 Å². The van der Waals surface area contributed by atoms with Gasteiger partial charge >= 0.3 is 0 Å². The molecule has 1 N–H and O–H groups in total. The van der Waals surface area contributed by atoms with Gasteiger partial charge in [-0.15, -0.1) is 0 Å². The first kappa shape index (κ1) is 13.0. The second-order valence-electron chi connectivity index (χ2n) is 5.16. The molecule has 0 atom stereocenters. The zero-order chi connectivity index (χ0) is 15.3. The van der Waals surface area contributed by atoms with Gasteiger partial charge in [-0.05, 0) is 25.1 Å². The van der Waals surface area contributed by atoms with Crippen LogP contribution < -0.4 is 5.56 Å². The van der Waals surface area contributed by atoms with Gasteiger partial charge in [0, 0.05) is 10.6 Å². The summed E-state index contributed by atoms with van der Waals surface area (Å²) in [6.45, 7) is 2.02. The summed E-state index contributed by atoms with van der Waals surface area (Å²) in [6.07, 6.45) is 0. The fourth-order valence-electron chi connectivity index (χ4n) is 2.51. The molecule has 0 amide bonds. The normalized spacial score (nSPS) is 11.4. The lowest BCUT2D eigenvalue weighted by molar-refractivity contribution is 0.874. The Hall–Kier alpha value is -2.66. The lowest BCUT2D eigenvalue weighted by Crippen LogP contribution is -2.10. The van der Waals surface area contributed by atoms with Crippen molar-refractivity contribution in [1.82, 2.24) is 19.8 Å². The molecular weight excluding hydrogens is 300 g/mol. The standard InChI is InChI=1S/C16H11ClN4O/c1-9-2-4-10(5-3-9)14-15-18-16(22)12-8-11(17)6-7-13(12)21(15)20-19-14/h2-8,20H,1H3. The second-order valence-corrected chi connectivity index (χ2v) is 5.60. The van der Waals surface area contributed by atoms with Crippen LogP contribution in [0.25, 0.3) is 27.8 Å². The minimum atomic E-state index is -0.313. The molecule has 2 heterocycles. The number of fused-ring (bicyclic) bond motifs is 3. The summed E-state index contributed by atoms with van der Waals surface area (Å²) >= 11 is 5.96. The number of rotatable bonds is 1. The number of halogens is 1. The molecule has 0 fully saturated rings. The third-order valence-electron chi connectivity index (χ3n) is 3.65. The first-order chi connectivity index (χ1) is 10.6.